The Kier molecular flexibility index (Phi) is 28.9. The third-order valence-electron chi connectivity index (χ3n) is 16.6. The molecule has 6 rings (SSSR count). The number of imidazole rings is 1. The van der Waals surface area contributed by atoms with Crippen LogP contribution in [0.2, 0.25) is 0 Å². The van der Waals surface area contributed by atoms with Crippen molar-refractivity contribution in [3.05, 3.63) is 84.1 Å². The van der Waals surface area contributed by atoms with Crippen molar-refractivity contribution >= 4 is 87.8 Å². The number of guanidine groups is 1. The van der Waals surface area contributed by atoms with Gasteiger partial charge in [-0.05, 0) is 86.1 Å². The van der Waals surface area contributed by atoms with E-state index in [0.29, 0.717) is 47.0 Å². The largest absolute Gasteiger partial charge is 0.508 e. The Balaban J connectivity index is 1.27. The van der Waals surface area contributed by atoms with Crippen LogP contribution in [0, 0.1) is 11.8 Å². The van der Waals surface area contributed by atoms with Gasteiger partial charge in [0, 0.05) is 74.7 Å². The highest BCUT2D eigenvalue weighted by atomic mass is 16.4. The lowest BCUT2D eigenvalue weighted by Gasteiger charge is -2.31. The van der Waals surface area contributed by atoms with Crippen molar-refractivity contribution in [2.24, 2.45) is 34.0 Å². The molecule has 96 heavy (non-hydrogen) atoms. The van der Waals surface area contributed by atoms with Gasteiger partial charge in [-0.25, -0.2) is 4.98 Å². The number of carbonyl (C=O) groups is 12. The number of benzene rings is 2. The topological polar surface area (TPSA) is 512 Å². The number of phenolic OH excluding ortho intramolecular Hbond substituents is 1. The summed E-state index contributed by atoms with van der Waals surface area (Å²) in [5, 5.41) is 54.8. The zero-order valence-electron chi connectivity index (χ0n) is 54.2. The molecule has 522 valence electrons. The number of nitrogens with two attached hydrogens (primary N) is 3. The van der Waals surface area contributed by atoms with Crippen LogP contribution < -0.4 is 65.1 Å². The third kappa shape index (κ3) is 23.7. The van der Waals surface area contributed by atoms with Crippen molar-refractivity contribution in [3.63, 3.8) is 0 Å². The number of H-pyrrole nitrogens is 2. The van der Waals surface area contributed by atoms with E-state index in [9.17, 15) is 72.9 Å². The number of aromatic hydroxyl groups is 1. The average molecular weight is 1340 g/mol. The molecule has 20 N–H and O–H groups in total. The maximum absolute atomic E-state index is 15.0. The lowest BCUT2D eigenvalue weighted by Crippen LogP contribution is -2.61. The molecular weight excluding hydrogens is 1250 g/mol. The molecule has 3 heterocycles. The van der Waals surface area contributed by atoms with Gasteiger partial charge in [-0.2, -0.15) is 0 Å². The highest BCUT2D eigenvalue weighted by Crippen LogP contribution is 2.28. The Labute approximate surface area is 554 Å². The monoisotopic (exact) mass is 1340 g/mol. The summed E-state index contributed by atoms with van der Waals surface area (Å²) in [6, 6.07) is 0.0620. The number of likely N-dealkylation sites (tertiary alicyclic amines) is 1. The van der Waals surface area contributed by atoms with Gasteiger partial charge < -0.3 is 95.2 Å². The first kappa shape index (κ1) is 74.9. The van der Waals surface area contributed by atoms with Crippen LogP contribution in [0.1, 0.15) is 121 Å². The SMILES string of the molecule is CC(=O)N[C@@H](CCC(=O)O)C(=O)N[C@@H](Cc1cnc[nH]1)C(=O)N[C@@H](Cc1c[nH]c2ccccc12)C(=O)N[C@@H](CO)C(=O)N[C@@H](Cc1ccc(O)cc1)C(=O)N[C@H](CC1CCCCC1)C(=O)N[C@@H](CC(C)C)C(=O)N[C@@H](CCCN=C(N)N)C(=O)N1CCC[C@H]1C(=O)NCC(N)=O. The Morgan fingerprint density at radius 3 is 1.85 bits per heavy atom. The van der Waals surface area contributed by atoms with Crippen LogP contribution in [0.25, 0.3) is 10.9 Å². The second-order valence-corrected chi connectivity index (χ2v) is 24.7. The number of aliphatic hydroxyl groups is 1. The molecule has 32 heteroatoms. The Morgan fingerprint density at radius 2 is 1.24 bits per heavy atom. The van der Waals surface area contributed by atoms with Gasteiger partial charge in [-0.1, -0.05) is 76.3 Å². The van der Waals surface area contributed by atoms with E-state index in [2.05, 4.69) is 67.8 Å². The summed E-state index contributed by atoms with van der Waals surface area (Å²) in [5.41, 5.74) is 18.3. The van der Waals surface area contributed by atoms with Gasteiger partial charge in [-0.15, -0.1) is 0 Å². The second-order valence-electron chi connectivity index (χ2n) is 24.7. The van der Waals surface area contributed by atoms with Crippen LogP contribution in [-0.4, -0.2) is 193 Å². The molecule has 0 radical (unpaired) electrons. The van der Waals surface area contributed by atoms with Crippen molar-refractivity contribution < 1.29 is 72.9 Å². The van der Waals surface area contributed by atoms with E-state index in [1.54, 1.807) is 30.5 Å². The van der Waals surface area contributed by atoms with Crippen LogP contribution in [0.4, 0.5) is 0 Å². The predicted octanol–water partition coefficient (Wildman–Crippen LogP) is -1.96. The minimum absolute atomic E-state index is 0.00514. The number of aliphatic imine (C=N–C) groups is 1. The Morgan fingerprint density at radius 1 is 0.656 bits per heavy atom. The Hall–Kier alpha value is -10.1. The number of nitrogens with zero attached hydrogens (tertiary/aromatic N) is 3. The van der Waals surface area contributed by atoms with E-state index in [0.717, 1.165) is 26.2 Å². The third-order valence-corrected chi connectivity index (χ3v) is 16.6. The normalized spacial score (nSPS) is 16.4. The van der Waals surface area contributed by atoms with Crippen molar-refractivity contribution in [2.75, 3.05) is 26.2 Å². The van der Waals surface area contributed by atoms with E-state index >= 15 is 0 Å². The zero-order chi connectivity index (χ0) is 70.0. The van der Waals surface area contributed by atoms with Crippen LogP contribution in [0.15, 0.2) is 72.2 Å². The molecule has 2 aromatic carbocycles. The molecule has 1 aliphatic carbocycles. The maximum atomic E-state index is 15.0. The average Bonchev–Trinajstić information content (AvgIpc) is 1.63. The number of aromatic nitrogens is 3. The van der Waals surface area contributed by atoms with Crippen molar-refractivity contribution in [2.45, 2.75) is 178 Å². The van der Waals surface area contributed by atoms with E-state index in [1.807, 2.05) is 13.8 Å². The first-order valence-corrected chi connectivity index (χ1v) is 32.2. The minimum atomic E-state index is -1.82. The number of aromatic amines is 2. The molecule has 0 unspecified atom stereocenters. The number of carbonyl (C=O) groups excluding carboxylic acids is 11. The van der Waals surface area contributed by atoms with Gasteiger partial charge in [0.05, 0.1) is 19.5 Å². The first-order chi connectivity index (χ1) is 45.8. The summed E-state index contributed by atoms with van der Waals surface area (Å²) < 4.78 is 0. The molecule has 11 amide bonds. The van der Waals surface area contributed by atoms with E-state index < -0.39 is 145 Å². The zero-order valence-corrected chi connectivity index (χ0v) is 54.2. The number of para-hydroxylation sites is 1. The summed E-state index contributed by atoms with van der Waals surface area (Å²) in [5.74, 6) is -10.9. The fourth-order valence-corrected chi connectivity index (χ4v) is 11.8. The number of carboxylic acid groups (broad SMARTS) is 1. The maximum Gasteiger partial charge on any atom is 0.303 e. The van der Waals surface area contributed by atoms with E-state index in [-0.39, 0.29) is 94.4 Å². The number of nitrogens with one attached hydrogen (secondary N) is 11. The number of aliphatic hydroxyl groups excluding tert-OH is 1. The van der Waals surface area contributed by atoms with Crippen LogP contribution in [-0.2, 0) is 76.8 Å². The molecule has 2 fully saturated rings. The quantitative estimate of drug-likeness (QED) is 0.0132. The van der Waals surface area contributed by atoms with Crippen molar-refractivity contribution in [1.82, 2.24) is 67.7 Å². The van der Waals surface area contributed by atoms with Crippen LogP contribution in [0.5, 0.6) is 5.75 Å². The summed E-state index contributed by atoms with van der Waals surface area (Å²) >= 11 is 0. The molecule has 32 nitrogen and oxygen atoms in total. The van der Waals surface area contributed by atoms with Crippen molar-refractivity contribution in [1.29, 1.82) is 0 Å². The number of amides is 11. The second kappa shape index (κ2) is 37.1. The van der Waals surface area contributed by atoms with Gasteiger partial charge in [-0.3, -0.25) is 62.5 Å². The molecule has 1 saturated heterocycles. The smallest absolute Gasteiger partial charge is 0.303 e. The van der Waals surface area contributed by atoms with E-state index in [4.69, 9.17) is 17.2 Å². The summed E-state index contributed by atoms with van der Waals surface area (Å²) in [6.07, 6.45) is 7.81. The Bertz CT molecular complexity index is 3370. The summed E-state index contributed by atoms with van der Waals surface area (Å²) in [4.78, 5) is 180. The number of carboxylic acids is 1. The number of rotatable bonds is 37. The molecular formula is C64H91N17O15. The molecule has 1 aliphatic heterocycles. The lowest BCUT2D eigenvalue weighted by atomic mass is 9.84. The number of hydrogen-bond acceptors (Lipinski definition) is 16. The fraction of sp³-hybridized carbons (Fsp3) is 0.531. The molecule has 2 aliphatic rings. The van der Waals surface area contributed by atoms with Gasteiger partial charge in [0.1, 0.15) is 60.1 Å². The number of primary amides is 1. The highest BCUT2D eigenvalue weighted by molar-refractivity contribution is 5.99. The fourth-order valence-electron chi connectivity index (χ4n) is 11.8. The predicted molar refractivity (Wildman–Crippen MR) is 349 cm³/mol. The van der Waals surface area contributed by atoms with Gasteiger partial charge in [0.2, 0.25) is 65.0 Å². The minimum Gasteiger partial charge on any atom is -0.508 e. The summed E-state index contributed by atoms with van der Waals surface area (Å²) in [6.45, 7) is 3.48. The van der Waals surface area contributed by atoms with Gasteiger partial charge >= 0.3 is 5.97 Å². The number of hydrogen-bond donors (Lipinski definition) is 17. The van der Waals surface area contributed by atoms with Crippen LogP contribution >= 0.6 is 0 Å². The number of fused-ring (bicyclic) bond motifs is 1. The molecule has 2 aromatic heterocycles. The van der Waals surface area contributed by atoms with Crippen LogP contribution in [0.3, 0.4) is 0 Å². The molecule has 9 atom stereocenters. The summed E-state index contributed by atoms with van der Waals surface area (Å²) in [7, 11) is 0. The van der Waals surface area contributed by atoms with Crippen molar-refractivity contribution in [3.8, 4) is 5.75 Å². The molecule has 1 saturated carbocycles. The number of aliphatic carboxylic acids is 1. The molecule has 0 bridgehead atoms. The first-order valence-electron chi connectivity index (χ1n) is 32.2. The van der Waals surface area contributed by atoms with Gasteiger partial charge in [0.15, 0.2) is 5.96 Å². The lowest BCUT2D eigenvalue weighted by molar-refractivity contribution is -0.142. The highest BCUT2D eigenvalue weighted by Gasteiger charge is 2.40. The number of phenols is 1. The van der Waals surface area contributed by atoms with Gasteiger partial charge in [0.25, 0.3) is 0 Å². The van der Waals surface area contributed by atoms with E-state index in [1.165, 1.54) is 41.7 Å². The molecule has 0 spiro atoms. The standard InChI is InChI=1S/C64H91N17O15/c1-35(2)25-46(56(89)74-45(15-9-23-69-64(66)67)63(96)81-24-10-16-52(81)62(95)71-32-53(65)85)75-57(90)47(26-37-11-5-4-6-12-37)76-58(91)48(27-38-17-19-41(84)20-18-38)77-61(94)51(33-82)80-59(92)49(28-39-30-70-43-14-8-7-13-42(39)43)78-60(93)50(29-40-31-68-34-72-40)79-55(88)44(73-36(3)83)21-22-54(86)87/h7-8,13-14,17-20,30-31,34-35,37,44-52,70,82,84H,4-6,9-12,15-16,21-29,32-33H2,1-3H3,(H2,65,85)(H,68,72)(H,71,95)(H,73,83)(H,74,89)(H,75,90)(H,76,91)(H,77,94)(H,78,93)(H,79,88)(H,80,92)(H,86,87)(H4,66,67,69)/t44-,45-,46-,47+,48-,49-,50-,51-,52-/m0/s1. The molecule has 4 aromatic rings.